The first-order valence-electron chi connectivity index (χ1n) is 10.9. The Kier molecular flexibility index (Phi) is 4.50. The van der Waals surface area contributed by atoms with Crippen LogP contribution in [-0.4, -0.2) is 52.5 Å². The van der Waals surface area contributed by atoms with E-state index in [1.165, 1.54) is 5.56 Å². The van der Waals surface area contributed by atoms with Crippen molar-refractivity contribution >= 4 is 26.8 Å². The highest BCUT2D eigenvalue weighted by Crippen LogP contribution is 2.36. The molecular weight excluding hydrogens is 422 g/mol. The van der Waals surface area contributed by atoms with Crippen LogP contribution in [0.5, 0.6) is 0 Å². The minimum absolute atomic E-state index is 0.156. The molecule has 4 heterocycles. The van der Waals surface area contributed by atoms with Crippen molar-refractivity contribution in [3.05, 3.63) is 72.3 Å². The third kappa shape index (κ3) is 3.35. The molecular formula is C24H23N5O2S. The Morgan fingerprint density at radius 3 is 2.41 bits per heavy atom. The molecule has 1 fully saturated rings. The average molecular weight is 446 g/mol. The summed E-state index contributed by atoms with van der Waals surface area (Å²) >= 11 is 0. The number of sulfone groups is 1. The zero-order valence-corrected chi connectivity index (χ0v) is 18.4. The second-order valence-corrected chi connectivity index (χ2v) is 10.8. The maximum atomic E-state index is 11.7. The van der Waals surface area contributed by atoms with Crippen molar-refractivity contribution in [1.82, 2.24) is 19.5 Å². The van der Waals surface area contributed by atoms with E-state index in [0.29, 0.717) is 25.1 Å². The number of imidazole rings is 1. The first kappa shape index (κ1) is 19.4. The number of aryl methyl sites for hydroxylation is 1. The fourth-order valence-corrected chi connectivity index (χ4v) is 5.98. The van der Waals surface area contributed by atoms with Gasteiger partial charge in [0.05, 0.1) is 28.6 Å². The van der Waals surface area contributed by atoms with Crippen molar-refractivity contribution in [2.45, 2.75) is 18.9 Å². The Labute approximate surface area is 186 Å². The van der Waals surface area contributed by atoms with Gasteiger partial charge in [-0.2, -0.15) is 0 Å². The zero-order valence-electron chi connectivity index (χ0n) is 17.6. The van der Waals surface area contributed by atoms with E-state index < -0.39 is 9.84 Å². The quantitative estimate of drug-likeness (QED) is 0.482. The normalized spacial score (nSPS) is 19.9. The number of nitrogens with zero attached hydrogens (tertiary/aromatic N) is 5. The highest BCUT2D eigenvalue weighted by molar-refractivity contribution is 7.91. The van der Waals surface area contributed by atoms with Gasteiger partial charge in [-0.05, 0) is 29.7 Å². The summed E-state index contributed by atoms with van der Waals surface area (Å²) < 4.78 is 25.7. The summed E-state index contributed by atoms with van der Waals surface area (Å²) in [5.74, 6) is 2.03. The second-order valence-electron chi connectivity index (χ2n) is 8.48. The number of hydrogen-bond donors (Lipinski definition) is 0. The molecule has 2 aliphatic rings. The summed E-state index contributed by atoms with van der Waals surface area (Å²) in [5.41, 5.74) is 5.44. The van der Waals surface area contributed by atoms with Crippen LogP contribution in [0.3, 0.4) is 0 Å². The molecule has 8 heteroatoms. The van der Waals surface area contributed by atoms with E-state index in [9.17, 15) is 8.42 Å². The molecule has 162 valence electrons. The van der Waals surface area contributed by atoms with Crippen molar-refractivity contribution < 1.29 is 8.42 Å². The minimum atomic E-state index is -2.93. The largest absolute Gasteiger partial charge is 0.339 e. The highest BCUT2D eigenvalue weighted by Gasteiger charge is 2.27. The van der Waals surface area contributed by atoms with Crippen molar-refractivity contribution in [2.75, 3.05) is 29.5 Å². The summed E-state index contributed by atoms with van der Waals surface area (Å²) in [6.07, 6.45) is 5.69. The number of anilines is 1. The SMILES string of the molecule is O=S1(=O)CCN(c2ncc(-c3ccc4nc5n(c4c3)[C@@H](c3ccccc3)CC5)cn2)CC1. The lowest BCUT2D eigenvalue weighted by molar-refractivity contribution is 0.585. The van der Waals surface area contributed by atoms with Crippen LogP contribution in [0.2, 0.25) is 0 Å². The molecule has 0 N–H and O–H groups in total. The van der Waals surface area contributed by atoms with Crippen LogP contribution >= 0.6 is 0 Å². The molecule has 4 aromatic rings. The number of aromatic nitrogens is 4. The van der Waals surface area contributed by atoms with Gasteiger partial charge in [0.15, 0.2) is 9.84 Å². The lowest BCUT2D eigenvalue weighted by Crippen LogP contribution is -2.41. The van der Waals surface area contributed by atoms with Gasteiger partial charge in [0.2, 0.25) is 5.95 Å². The van der Waals surface area contributed by atoms with Gasteiger partial charge in [-0.1, -0.05) is 36.4 Å². The standard InChI is InChI=1S/C24H23N5O2S/c30-32(31)12-10-28(11-13-32)24-25-15-19(16-26-24)18-6-7-20-22(14-18)29-21(8-9-23(29)27-20)17-4-2-1-3-5-17/h1-7,14-16,21H,8-13H2/t21-/m1/s1. The molecule has 1 saturated heterocycles. The van der Waals surface area contributed by atoms with E-state index in [-0.39, 0.29) is 11.5 Å². The monoisotopic (exact) mass is 445 g/mol. The van der Waals surface area contributed by atoms with Crippen LogP contribution < -0.4 is 4.90 Å². The van der Waals surface area contributed by atoms with E-state index in [0.717, 1.165) is 40.8 Å². The van der Waals surface area contributed by atoms with E-state index in [4.69, 9.17) is 4.98 Å². The highest BCUT2D eigenvalue weighted by atomic mass is 32.2. The third-order valence-corrected chi connectivity index (χ3v) is 8.11. The van der Waals surface area contributed by atoms with E-state index >= 15 is 0 Å². The Morgan fingerprint density at radius 2 is 1.66 bits per heavy atom. The predicted octanol–water partition coefficient (Wildman–Crippen LogP) is 3.26. The first-order chi connectivity index (χ1) is 15.6. The van der Waals surface area contributed by atoms with Crippen molar-refractivity contribution in [2.24, 2.45) is 0 Å². The van der Waals surface area contributed by atoms with Crippen LogP contribution in [0.4, 0.5) is 5.95 Å². The number of hydrogen-bond acceptors (Lipinski definition) is 6. The summed E-state index contributed by atoms with van der Waals surface area (Å²) in [4.78, 5) is 15.9. The third-order valence-electron chi connectivity index (χ3n) is 6.50. The maximum absolute atomic E-state index is 11.7. The molecule has 2 aromatic heterocycles. The van der Waals surface area contributed by atoms with Gasteiger partial charge >= 0.3 is 0 Å². The van der Waals surface area contributed by atoms with Gasteiger partial charge < -0.3 is 9.47 Å². The molecule has 0 radical (unpaired) electrons. The molecule has 1 atom stereocenters. The maximum Gasteiger partial charge on any atom is 0.225 e. The summed E-state index contributed by atoms with van der Waals surface area (Å²) in [7, 11) is -2.93. The summed E-state index contributed by atoms with van der Waals surface area (Å²) in [5, 5.41) is 0. The number of rotatable bonds is 3. The molecule has 0 aliphatic carbocycles. The van der Waals surface area contributed by atoms with Gasteiger partial charge in [-0.3, -0.25) is 0 Å². The molecule has 6 rings (SSSR count). The van der Waals surface area contributed by atoms with E-state index in [1.54, 1.807) is 0 Å². The molecule has 0 unspecified atom stereocenters. The fraction of sp³-hybridized carbons (Fsp3) is 0.292. The molecule has 7 nitrogen and oxygen atoms in total. The predicted molar refractivity (Wildman–Crippen MR) is 125 cm³/mol. The molecule has 2 aromatic carbocycles. The topological polar surface area (TPSA) is 81.0 Å². The lowest BCUT2D eigenvalue weighted by Gasteiger charge is -2.26. The minimum Gasteiger partial charge on any atom is -0.339 e. The van der Waals surface area contributed by atoms with Crippen molar-refractivity contribution in [3.8, 4) is 11.1 Å². The molecule has 32 heavy (non-hydrogen) atoms. The molecule has 0 bridgehead atoms. The molecule has 0 amide bonds. The van der Waals surface area contributed by atoms with Crippen LogP contribution in [0, 0.1) is 0 Å². The fourth-order valence-electron chi connectivity index (χ4n) is 4.78. The van der Waals surface area contributed by atoms with E-state index in [2.05, 4.69) is 63.1 Å². The van der Waals surface area contributed by atoms with Gasteiger partial charge in [0.1, 0.15) is 5.82 Å². The first-order valence-corrected chi connectivity index (χ1v) is 12.7. The van der Waals surface area contributed by atoms with Gasteiger partial charge in [0, 0.05) is 37.5 Å². The number of fused-ring (bicyclic) bond motifs is 3. The second kappa shape index (κ2) is 7.41. The zero-order chi connectivity index (χ0) is 21.7. The molecule has 0 saturated carbocycles. The van der Waals surface area contributed by atoms with Crippen LogP contribution in [0.1, 0.15) is 23.9 Å². The Balaban J connectivity index is 1.32. The van der Waals surface area contributed by atoms with Crippen LogP contribution in [0.25, 0.3) is 22.2 Å². The summed E-state index contributed by atoms with van der Waals surface area (Å²) in [6.45, 7) is 0.882. The molecule has 2 aliphatic heterocycles. The van der Waals surface area contributed by atoms with Crippen LogP contribution in [-0.2, 0) is 16.3 Å². The Hall–Kier alpha value is -3.26. The van der Waals surface area contributed by atoms with Crippen molar-refractivity contribution in [1.29, 1.82) is 0 Å². The van der Waals surface area contributed by atoms with E-state index in [1.807, 2.05) is 17.3 Å². The Morgan fingerprint density at radius 1 is 0.906 bits per heavy atom. The van der Waals surface area contributed by atoms with Gasteiger partial charge in [0.25, 0.3) is 0 Å². The van der Waals surface area contributed by atoms with Gasteiger partial charge in [-0.15, -0.1) is 0 Å². The molecule has 0 spiro atoms. The van der Waals surface area contributed by atoms with Gasteiger partial charge in [-0.25, -0.2) is 23.4 Å². The lowest BCUT2D eigenvalue weighted by atomic mass is 10.0. The average Bonchev–Trinajstić information content (AvgIpc) is 3.39. The smallest absolute Gasteiger partial charge is 0.225 e. The Bertz CT molecular complexity index is 1380. The van der Waals surface area contributed by atoms with Crippen LogP contribution in [0.15, 0.2) is 60.9 Å². The number of benzene rings is 2. The summed E-state index contributed by atoms with van der Waals surface area (Å²) in [6, 6.07) is 17.2. The van der Waals surface area contributed by atoms with Crippen molar-refractivity contribution in [3.63, 3.8) is 0 Å².